The van der Waals surface area contributed by atoms with Gasteiger partial charge in [-0.2, -0.15) is 15.5 Å². The van der Waals surface area contributed by atoms with Crippen LogP contribution in [0.1, 0.15) is 50.8 Å². The molecule has 0 radical (unpaired) electrons. The Morgan fingerprint density at radius 2 is 2.23 bits per heavy atom. The molecule has 0 saturated carbocycles. The Balaban J connectivity index is 1.96. The van der Waals surface area contributed by atoms with Gasteiger partial charge in [-0.25, -0.2) is 4.79 Å². The second kappa shape index (κ2) is 8.93. The van der Waals surface area contributed by atoms with Gasteiger partial charge in [0, 0.05) is 30.3 Å². The number of nitriles is 2. The molecular formula is C23H25N5O3. The normalized spacial score (nSPS) is 20.4. The zero-order valence-corrected chi connectivity index (χ0v) is 17.8. The van der Waals surface area contributed by atoms with Crippen LogP contribution in [-0.4, -0.2) is 40.0 Å². The van der Waals surface area contributed by atoms with Crippen molar-refractivity contribution in [1.82, 2.24) is 10.2 Å². The second-order valence-electron chi connectivity index (χ2n) is 8.13. The number of nitrogens with one attached hydrogen (secondary N) is 1. The zero-order valence-electron chi connectivity index (χ0n) is 17.8. The number of amidine groups is 1. The molecule has 1 aromatic carbocycles. The predicted molar refractivity (Wildman–Crippen MR) is 115 cm³/mol. The first kappa shape index (κ1) is 21.9. The van der Waals surface area contributed by atoms with Gasteiger partial charge in [-0.05, 0) is 38.5 Å². The summed E-state index contributed by atoms with van der Waals surface area (Å²) in [6.45, 7) is 6.24. The molecule has 2 unspecified atom stereocenters. The van der Waals surface area contributed by atoms with Gasteiger partial charge in [-0.3, -0.25) is 0 Å². The molecule has 8 nitrogen and oxygen atoms in total. The minimum absolute atomic E-state index is 0.245. The third-order valence-electron chi connectivity index (χ3n) is 5.33. The van der Waals surface area contributed by atoms with Crippen molar-refractivity contribution >= 4 is 11.8 Å². The van der Waals surface area contributed by atoms with Crippen molar-refractivity contribution in [3.63, 3.8) is 0 Å². The van der Waals surface area contributed by atoms with E-state index in [2.05, 4.69) is 16.4 Å². The van der Waals surface area contributed by atoms with E-state index in [1.54, 1.807) is 29.3 Å². The number of nitrogens with zero attached hydrogens (tertiary/aromatic N) is 4. The summed E-state index contributed by atoms with van der Waals surface area (Å²) in [7, 11) is 0. The molecule has 0 aromatic heterocycles. The number of carboxylic acids is 1. The van der Waals surface area contributed by atoms with Gasteiger partial charge >= 0.3 is 5.97 Å². The van der Waals surface area contributed by atoms with Crippen LogP contribution in [0.5, 0.6) is 5.75 Å². The Hall–Kier alpha value is -3.78. The van der Waals surface area contributed by atoms with Crippen molar-refractivity contribution in [2.45, 2.75) is 51.3 Å². The monoisotopic (exact) mass is 419 g/mol. The van der Waals surface area contributed by atoms with Crippen molar-refractivity contribution in [3.05, 3.63) is 53.3 Å². The number of aliphatic imine (C=N–C) groups is 1. The van der Waals surface area contributed by atoms with Gasteiger partial charge in [0.25, 0.3) is 0 Å². The van der Waals surface area contributed by atoms with E-state index < -0.39 is 17.6 Å². The Morgan fingerprint density at radius 3 is 2.87 bits per heavy atom. The molecule has 0 bridgehead atoms. The maximum Gasteiger partial charge on any atom is 0.326 e. The van der Waals surface area contributed by atoms with Gasteiger partial charge in [0.1, 0.15) is 23.2 Å². The molecule has 3 rings (SSSR count). The van der Waals surface area contributed by atoms with Crippen molar-refractivity contribution in [1.29, 1.82) is 10.5 Å². The van der Waals surface area contributed by atoms with Gasteiger partial charge < -0.3 is 20.1 Å². The fourth-order valence-corrected chi connectivity index (χ4v) is 3.93. The fourth-order valence-electron chi connectivity index (χ4n) is 3.93. The van der Waals surface area contributed by atoms with Crippen LogP contribution in [0.4, 0.5) is 0 Å². The van der Waals surface area contributed by atoms with Crippen LogP contribution < -0.4 is 10.1 Å². The lowest BCUT2D eigenvalue weighted by Crippen LogP contribution is -2.43. The smallest absolute Gasteiger partial charge is 0.326 e. The average Bonchev–Trinajstić information content (AvgIpc) is 2.73. The van der Waals surface area contributed by atoms with E-state index in [1.165, 1.54) is 0 Å². The molecule has 2 atom stereocenters. The SMILES string of the molecule is CCC(C(=O)O)N1C=C(C(=NC#N)NC2CC(C)(C)Oc3ccc(C#N)cc32)C=CC1. The van der Waals surface area contributed by atoms with Crippen LogP contribution in [-0.2, 0) is 4.79 Å². The van der Waals surface area contributed by atoms with Gasteiger partial charge in [-0.15, -0.1) is 0 Å². The Labute approximate surface area is 181 Å². The predicted octanol–water partition coefficient (Wildman–Crippen LogP) is 3.25. The summed E-state index contributed by atoms with van der Waals surface area (Å²) in [6.07, 6.45) is 8.27. The number of aliphatic carboxylic acids is 1. The molecule has 0 aliphatic carbocycles. The third-order valence-corrected chi connectivity index (χ3v) is 5.33. The highest BCUT2D eigenvalue weighted by molar-refractivity contribution is 6.01. The summed E-state index contributed by atoms with van der Waals surface area (Å²) in [5, 5.41) is 31.4. The molecule has 31 heavy (non-hydrogen) atoms. The van der Waals surface area contributed by atoms with E-state index in [0.29, 0.717) is 42.1 Å². The lowest BCUT2D eigenvalue weighted by molar-refractivity contribution is -0.142. The number of rotatable bonds is 5. The van der Waals surface area contributed by atoms with Gasteiger partial charge in [-0.1, -0.05) is 19.1 Å². The number of hydrogen-bond donors (Lipinski definition) is 2. The standard InChI is InChI=1S/C23H25N5O3/c1-4-19(22(29)30)28-9-5-6-16(13-28)21(26-14-25)27-18-11-23(2,3)31-20-8-7-15(12-24)10-17(18)20/h5-8,10,13,18-19H,4,9,11H2,1-3H3,(H,26,27)(H,29,30). The Kier molecular flexibility index (Phi) is 6.31. The molecule has 2 aliphatic heterocycles. The summed E-state index contributed by atoms with van der Waals surface area (Å²) in [5.74, 6) is 0.125. The van der Waals surface area contributed by atoms with Crippen molar-refractivity contribution in [2.75, 3.05) is 6.54 Å². The maximum atomic E-state index is 11.6. The van der Waals surface area contributed by atoms with E-state index >= 15 is 0 Å². The first-order valence-electron chi connectivity index (χ1n) is 10.1. The second-order valence-corrected chi connectivity index (χ2v) is 8.13. The molecule has 0 fully saturated rings. The largest absolute Gasteiger partial charge is 0.487 e. The van der Waals surface area contributed by atoms with Crippen LogP contribution in [0.15, 0.2) is 47.1 Å². The molecular weight excluding hydrogens is 394 g/mol. The summed E-state index contributed by atoms with van der Waals surface area (Å²) in [4.78, 5) is 17.3. The van der Waals surface area contributed by atoms with Gasteiger partial charge in [0.05, 0.1) is 17.7 Å². The summed E-state index contributed by atoms with van der Waals surface area (Å²) >= 11 is 0. The highest BCUT2D eigenvalue weighted by Crippen LogP contribution is 2.40. The quantitative estimate of drug-likeness (QED) is 0.427. The lowest BCUT2D eigenvalue weighted by atomic mass is 9.88. The molecule has 0 saturated heterocycles. The number of ether oxygens (including phenoxy) is 1. The summed E-state index contributed by atoms with van der Waals surface area (Å²) in [5.41, 5.74) is 1.49. The highest BCUT2D eigenvalue weighted by atomic mass is 16.5. The lowest BCUT2D eigenvalue weighted by Gasteiger charge is -2.38. The Bertz CT molecular complexity index is 1040. The molecule has 0 spiro atoms. The van der Waals surface area contributed by atoms with E-state index in [1.807, 2.05) is 39.1 Å². The van der Waals surface area contributed by atoms with E-state index in [9.17, 15) is 20.4 Å². The molecule has 160 valence electrons. The number of fused-ring (bicyclic) bond motifs is 1. The van der Waals surface area contributed by atoms with E-state index in [4.69, 9.17) is 4.74 Å². The minimum Gasteiger partial charge on any atom is -0.487 e. The highest BCUT2D eigenvalue weighted by Gasteiger charge is 2.35. The molecule has 2 aliphatic rings. The summed E-state index contributed by atoms with van der Waals surface area (Å²) in [6, 6.07) is 6.51. The first-order chi connectivity index (χ1) is 14.8. The van der Waals surface area contributed by atoms with Crippen molar-refractivity contribution < 1.29 is 14.6 Å². The molecule has 0 amide bonds. The minimum atomic E-state index is -0.899. The van der Waals surface area contributed by atoms with Crippen molar-refractivity contribution in [2.24, 2.45) is 4.99 Å². The molecule has 2 heterocycles. The number of carboxylic acid groups (broad SMARTS) is 1. The van der Waals surface area contributed by atoms with Crippen LogP contribution in [0, 0.1) is 22.8 Å². The van der Waals surface area contributed by atoms with Crippen LogP contribution >= 0.6 is 0 Å². The van der Waals surface area contributed by atoms with E-state index in [0.717, 1.165) is 5.56 Å². The molecule has 1 aromatic rings. The zero-order chi connectivity index (χ0) is 22.6. The van der Waals surface area contributed by atoms with Gasteiger partial charge in [0.2, 0.25) is 6.19 Å². The summed E-state index contributed by atoms with van der Waals surface area (Å²) < 4.78 is 6.07. The third kappa shape index (κ3) is 4.87. The number of carbonyl (C=O) groups is 1. The molecule has 2 N–H and O–H groups in total. The number of hydrogen-bond acceptors (Lipinski definition) is 6. The molecule has 8 heteroatoms. The number of benzene rings is 1. The topological polar surface area (TPSA) is 122 Å². The Morgan fingerprint density at radius 1 is 1.45 bits per heavy atom. The van der Waals surface area contributed by atoms with Crippen LogP contribution in [0.2, 0.25) is 0 Å². The van der Waals surface area contributed by atoms with Crippen LogP contribution in [0.25, 0.3) is 0 Å². The van der Waals surface area contributed by atoms with Crippen molar-refractivity contribution in [3.8, 4) is 18.0 Å². The maximum absolute atomic E-state index is 11.6. The van der Waals surface area contributed by atoms with Gasteiger partial charge in [0.15, 0.2) is 0 Å². The average molecular weight is 419 g/mol. The first-order valence-corrected chi connectivity index (χ1v) is 10.1. The van der Waals surface area contributed by atoms with Crippen LogP contribution in [0.3, 0.4) is 0 Å². The van der Waals surface area contributed by atoms with E-state index in [-0.39, 0.29) is 6.04 Å². The fraction of sp³-hybridized carbons (Fsp3) is 0.391.